The molecule has 8 heteroatoms. The third kappa shape index (κ3) is 24.6. The Hall–Kier alpha value is 0.576. The maximum absolute atomic E-state index is 12.5. The van der Waals surface area contributed by atoms with Crippen LogP contribution in [-0.4, -0.2) is 36.4 Å². The van der Waals surface area contributed by atoms with Gasteiger partial charge in [-0.3, -0.25) is 0 Å². The fraction of sp³-hybridized carbons (Fsp3) is 0.765. The molecule has 3 nitrogen and oxygen atoms in total. The summed E-state index contributed by atoms with van der Waals surface area (Å²) in [5.41, 5.74) is 19.8. The van der Waals surface area contributed by atoms with Gasteiger partial charge in [-0.1, -0.05) is 41.5 Å². The van der Waals surface area contributed by atoms with Gasteiger partial charge in [0.05, 0.1) is 0 Å². The fourth-order valence-electron chi connectivity index (χ4n) is 0.987. The Morgan fingerprint density at radius 3 is 1.36 bits per heavy atom. The van der Waals surface area contributed by atoms with E-state index >= 15 is 0 Å². The van der Waals surface area contributed by atoms with Gasteiger partial charge in [-0.25, -0.2) is 0 Å². The minimum atomic E-state index is -4.00. The zero-order chi connectivity index (χ0) is 20.1. The van der Waals surface area contributed by atoms with Crippen molar-refractivity contribution in [2.75, 3.05) is 0 Å². The molecule has 0 unspecified atom stereocenters. The van der Waals surface area contributed by atoms with Crippen LogP contribution in [0.4, 0.5) is 13.2 Å². The molecule has 146 valence electrons. The number of rotatable bonds is 1. The van der Waals surface area contributed by atoms with Crippen LogP contribution in [-0.2, 0) is 26.2 Å². The molecule has 0 aromatic rings. The Kier molecular flexibility index (Phi) is 22.2. The van der Waals surface area contributed by atoms with Gasteiger partial charge >= 0.3 is 98.2 Å². The molecule has 3 N–H and O–H groups in total. The van der Waals surface area contributed by atoms with E-state index in [1.54, 1.807) is 12.2 Å². The number of allylic oxidation sites excluding steroid dienone is 4. The van der Waals surface area contributed by atoms with E-state index in [-0.39, 0.29) is 44.3 Å². The molecule has 0 saturated carbocycles. The maximum Gasteiger partial charge on any atom is 4.00 e. The van der Waals surface area contributed by atoms with Crippen LogP contribution >= 0.6 is 0 Å². The second-order valence-electron chi connectivity index (χ2n) is 6.78. The predicted molar refractivity (Wildman–Crippen MR) is 102 cm³/mol. The van der Waals surface area contributed by atoms with Crippen molar-refractivity contribution >= 4 is 13.3 Å². The first-order chi connectivity index (χ1) is 10.6. The normalized spacial score (nSPS) is 13.1. The number of nitrogens with one attached hydrogen (secondary N) is 3. The minimum absolute atomic E-state index is 0. The predicted octanol–water partition coefficient (Wildman–Crippen LogP) is 7.36. The van der Waals surface area contributed by atoms with E-state index in [0.717, 1.165) is 0 Å². The summed E-state index contributed by atoms with van der Waals surface area (Å²) in [4.78, 5) is 0. The third-order valence-corrected chi connectivity index (χ3v) is 8.60. The van der Waals surface area contributed by atoms with E-state index < -0.39 is 18.3 Å². The Labute approximate surface area is 174 Å². The number of halogens is 3. The standard InChI is InChI=1S/C8H10F3Ge.3C3H8N.Zr/c1-12(2,8(9,10)11)7-5-3-4-6-7;3*1-3(2)4;/h3,5H,4H2,1-2H3;3*3-4H,1-2H3;/q4*-1;+4. The Morgan fingerprint density at radius 1 is 0.920 bits per heavy atom. The third-order valence-electron chi connectivity index (χ3n) is 2.08. The molecule has 1 aliphatic rings. The van der Waals surface area contributed by atoms with Crippen LogP contribution in [0.2, 0.25) is 11.5 Å². The summed E-state index contributed by atoms with van der Waals surface area (Å²) >= 11 is -3.77. The van der Waals surface area contributed by atoms with E-state index in [0.29, 0.717) is 10.8 Å². The first kappa shape index (κ1) is 33.2. The van der Waals surface area contributed by atoms with Crippen LogP contribution in [0.25, 0.3) is 17.2 Å². The molecule has 0 amide bonds. The monoisotopic (exact) mass is 501 g/mol. The topological polar surface area (TPSA) is 71.4 Å². The van der Waals surface area contributed by atoms with Crippen LogP contribution in [0.3, 0.4) is 0 Å². The van der Waals surface area contributed by atoms with Crippen LogP contribution < -0.4 is 0 Å². The van der Waals surface area contributed by atoms with Gasteiger partial charge in [0.15, 0.2) is 0 Å². The molecule has 1 rings (SSSR count). The quantitative estimate of drug-likeness (QED) is 0.266. The molecule has 0 fully saturated rings. The summed E-state index contributed by atoms with van der Waals surface area (Å²) in [6, 6.07) is 0.250. The van der Waals surface area contributed by atoms with Gasteiger partial charge < -0.3 is 17.2 Å². The van der Waals surface area contributed by atoms with Crippen molar-refractivity contribution in [1.82, 2.24) is 0 Å². The van der Waals surface area contributed by atoms with Gasteiger partial charge in [-0.2, -0.15) is 0 Å². The van der Waals surface area contributed by atoms with Gasteiger partial charge in [0.1, 0.15) is 0 Å². The number of alkyl halides is 3. The molecular formula is C17H34F3GeN3Zr. The van der Waals surface area contributed by atoms with Crippen LogP contribution in [0, 0.1) is 6.08 Å². The molecule has 0 aromatic carbocycles. The van der Waals surface area contributed by atoms with Gasteiger partial charge in [-0.05, 0) is 0 Å². The van der Waals surface area contributed by atoms with Crippen molar-refractivity contribution in [2.45, 2.75) is 82.6 Å². The zero-order valence-corrected chi connectivity index (χ0v) is 21.3. The number of hydrogen-bond acceptors (Lipinski definition) is 0. The van der Waals surface area contributed by atoms with E-state index in [1.165, 1.54) is 11.5 Å². The average Bonchev–Trinajstić information content (AvgIpc) is 2.77. The molecule has 0 aliphatic heterocycles. The summed E-state index contributed by atoms with van der Waals surface area (Å²) in [5, 5.41) is -4.00. The smallest absolute Gasteiger partial charge is 4.00 e. The van der Waals surface area contributed by atoms with Crippen LogP contribution in [0.5, 0.6) is 0 Å². The molecule has 0 heterocycles. The Bertz CT molecular complexity index is 344. The molecule has 0 atom stereocenters. The summed E-state index contributed by atoms with van der Waals surface area (Å²) in [7, 11) is 0. The van der Waals surface area contributed by atoms with Crippen molar-refractivity contribution in [2.24, 2.45) is 0 Å². The first-order valence-corrected chi connectivity index (χ1v) is 14.3. The molecule has 0 saturated heterocycles. The van der Waals surface area contributed by atoms with E-state index in [2.05, 4.69) is 6.08 Å². The molecule has 0 bridgehead atoms. The van der Waals surface area contributed by atoms with Crippen molar-refractivity contribution in [3.05, 3.63) is 39.8 Å². The molecule has 0 aromatic heterocycles. The SMILES string of the molecule is CC(C)[NH-].CC(C)[NH-].CC(C)[NH-].[CH3][Ge]([CH3])([C]1=[C-]CC=C1)[C](F)(F)F.[Zr+4]. The summed E-state index contributed by atoms with van der Waals surface area (Å²) in [6.07, 6.45) is 6.62. The molecule has 25 heavy (non-hydrogen) atoms. The average molecular weight is 501 g/mol. The minimum Gasteiger partial charge on any atom is 4.00 e. The maximum atomic E-state index is 12.5. The van der Waals surface area contributed by atoms with Gasteiger partial charge in [0.25, 0.3) is 0 Å². The van der Waals surface area contributed by atoms with Crippen molar-refractivity contribution in [3.63, 3.8) is 0 Å². The zero-order valence-electron chi connectivity index (χ0n) is 16.7. The van der Waals surface area contributed by atoms with E-state index in [9.17, 15) is 13.2 Å². The summed E-state index contributed by atoms with van der Waals surface area (Å²) in [6.45, 7) is 11.0. The summed E-state index contributed by atoms with van der Waals surface area (Å²) < 4.78 is 37.9. The Balaban J connectivity index is -0.000000142. The number of hydrogen-bond donors (Lipinski definition) is 0. The molecular weight excluding hydrogens is 467 g/mol. The van der Waals surface area contributed by atoms with Gasteiger partial charge in [-0.15, -0.1) is 18.1 Å². The van der Waals surface area contributed by atoms with E-state index in [4.69, 9.17) is 17.2 Å². The molecule has 0 radical (unpaired) electrons. The van der Waals surface area contributed by atoms with Gasteiger partial charge in [0, 0.05) is 0 Å². The fourth-order valence-corrected chi connectivity index (χ4v) is 3.89. The largest absolute Gasteiger partial charge is 4.00 e. The van der Waals surface area contributed by atoms with Crippen molar-refractivity contribution < 1.29 is 39.4 Å². The second-order valence-corrected chi connectivity index (χ2v) is 15.9. The van der Waals surface area contributed by atoms with Crippen molar-refractivity contribution in [3.8, 4) is 0 Å². The second kappa shape index (κ2) is 16.7. The summed E-state index contributed by atoms with van der Waals surface area (Å²) in [5.74, 6) is 2.72. The molecule has 0 spiro atoms. The van der Waals surface area contributed by atoms with E-state index in [1.807, 2.05) is 41.5 Å². The van der Waals surface area contributed by atoms with Crippen LogP contribution in [0.15, 0.2) is 16.6 Å². The van der Waals surface area contributed by atoms with Gasteiger partial charge in [0.2, 0.25) is 0 Å². The molecule has 1 aliphatic carbocycles. The Morgan fingerprint density at radius 2 is 1.20 bits per heavy atom. The first-order valence-electron chi connectivity index (χ1n) is 8.03. The van der Waals surface area contributed by atoms with Crippen LogP contribution in [0.1, 0.15) is 48.0 Å². The van der Waals surface area contributed by atoms with Crippen molar-refractivity contribution in [1.29, 1.82) is 0 Å².